The standard InChI is InChI=1S/C20H24O2S/c1-2-22-19-13-12-15-8-6-7-11-17(15)20(19)18(21)14-23-16-9-4-3-5-10-16/h6-8,11-13,16H,2-5,9-10,14H2,1H3. The summed E-state index contributed by atoms with van der Waals surface area (Å²) in [5.41, 5.74) is 0.758. The highest BCUT2D eigenvalue weighted by Crippen LogP contribution is 2.32. The van der Waals surface area contributed by atoms with Gasteiger partial charge < -0.3 is 4.74 Å². The molecule has 0 spiro atoms. The monoisotopic (exact) mass is 328 g/mol. The van der Waals surface area contributed by atoms with E-state index >= 15 is 0 Å². The fourth-order valence-electron chi connectivity index (χ4n) is 3.31. The maximum Gasteiger partial charge on any atom is 0.177 e. The summed E-state index contributed by atoms with van der Waals surface area (Å²) in [6.07, 6.45) is 6.48. The summed E-state index contributed by atoms with van der Waals surface area (Å²) >= 11 is 1.83. The maximum atomic E-state index is 12.9. The summed E-state index contributed by atoms with van der Waals surface area (Å²) in [5.74, 6) is 1.47. The molecule has 0 heterocycles. The molecule has 1 fully saturated rings. The second-order valence-electron chi connectivity index (χ2n) is 6.09. The first-order valence-electron chi connectivity index (χ1n) is 8.59. The van der Waals surface area contributed by atoms with Gasteiger partial charge in [-0.2, -0.15) is 11.8 Å². The van der Waals surface area contributed by atoms with Crippen LogP contribution in [-0.4, -0.2) is 23.4 Å². The Morgan fingerprint density at radius 1 is 1.13 bits per heavy atom. The topological polar surface area (TPSA) is 26.3 Å². The first-order chi connectivity index (χ1) is 11.3. The number of benzene rings is 2. The summed E-state index contributed by atoms with van der Waals surface area (Å²) in [4.78, 5) is 12.9. The van der Waals surface area contributed by atoms with Crippen LogP contribution in [0.2, 0.25) is 0 Å². The minimum atomic E-state index is 0.195. The summed E-state index contributed by atoms with van der Waals surface area (Å²) in [6.45, 7) is 2.54. The molecule has 0 saturated heterocycles. The third-order valence-electron chi connectivity index (χ3n) is 4.47. The van der Waals surface area contributed by atoms with Gasteiger partial charge in [-0.25, -0.2) is 0 Å². The number of hydrogen-bond donors (Lipinski definition) is 0. The van der Waals surface area contributed by atoms with E-state index in [2.05, 4.69) is 6.07 Å². The molecule has 3 heteroatoms. The number of carbonyl (C=O) groups is 1. The second kappa shape index (κ2) is 7.87. The molecule has 0 aliphatic heterocycles. The second-order valence-corrected chi connectivity index (χ2v) is 7.38. The van der Waals surface area contributed by atoms with Crippen LogP contribution in [0.15, 0.2) is 36.4 Å². The molecule has 1 aliphatic carbocycles. The fraction of sp³-hybridized carbons (Fsp3) is 0.450. The van der Waals surface area contributed by atoms with Crippen molar-refractivity contribution in [1.82, 2.24) is 0 Å². The highest BCUT2D eigenvalue weighted by Gasteiger charge is 2.20. The van der Waals surface area contributed by atoms with Crippen LogP contribution in [0, 0.1) is 0 Å². The molecule has 2 nitrogen and oxygen atoms in total. The average Bonchev–Trinajstić information content (AvgIpc) is 2.60. The van der Waals surface area contributed by atoms with Gasteiger partial charge in [-0.1, -0.05) is 49.6 Å². The normalized spacial score (nSPS) is 15.7. The number of carbonyl (C=O) groups excluding carboxylic acids is 1. The van der Waals surface area contributed by atoms with Gasteiger partial charge in [0.2, 0.25) is 0 Å². The van der Waals surface area contributed by atoms with Crippen LogP contribution in [0.5, 0.6) is 5.75 Å². The summed E-state index contributed by atoms with van der Waals surface area (Å²) in [6, 6.07) is 12.0. The highest BCUT2D eigenvalue weighted by atomic mass is 32.2. The van der Waals surface area contributed by atoms with Gasteiger partial charge in [-0.05, 0) is 36.6 Å². The average molecular weight is 328 g/mol. The zero-order chi connectivity index (χ0) is 16.1. The molecule has 1 aliphatic rings. The number of hydrogen-bond acceptors (Lipinski definition) is 3. The summed E-state index contributed by atoms with van der Waals surface area (Å²) < 4.78 is 5.73. The van der Waals surface area contributed by atoms with Gasteiger partial charge in [0, 0.05) is 5.25 Å². The minimum Gasteiger partial charge on any atom is -0.493 e. The first-order valence-corrected chi connectivity index (χ1v) is 9.64. The van der Waals surface area contributed by atoms with Crippen LogP contribution in [0.1, 0.15) is 49.4 Å². The van der Waals surface area contributed by atoms with Crippen LogP contribution >= 0.6 is 11.8 Å². The van der Waals surface area contributed by atoms with Crippen LogP contribution in [0.4, 0.5) is 0 Å². The third-order valence-corrected chi connectivity index (χ3v) is 5.84. The molecular weight excluding hydrogens is 304 g/mol. The van der Waals surface area contributed by atoms with Crippen molar-refractivity contribution in [1.29, 1.82) is 0 Å². The molecule has 0 unspecified atom stereocenters. The highest BCUT2D eigenvalue weighted by molar-refractivity contribution is 8.00. The van der Waals surface area contributed by atoms with E-state index in [-0.39, 0.29) is 5.78 Å². The Balaban J connectivity index is 1.83. The molecule has 0 N–H and O–H groups in total. The van der Waals surface area contributed by atoms with Crippen molar-refractivity contribution < 1.29 is 9.53 Å². The lowest BCUT2D eigenvalue weighted by atomic mass is 10.0. The summed E-state index contributed by atoms with van der Waals surface area (Å²) in [7, 11) is 0. The first kappa shape index (κ1) is 16.4. The Kier molecular flexibility index (Phi) is 5.60. The Bertz CT molecular complexity index is 674. The molecule has 0 aromatic heterocycles. The predicted octanol–water partition coefficient (Wildman–Crippen LogP) is 5.49. The van der Waals surface area contributed by atoms with Gasteiger partial charge in [0.15, 0.2) is 5.78 Å². The number of rotatable bonds is 6. The molecule has 1 saturated carbocycles. The van der Waals surface area contributed by atoms with E-state index in [1.165, 1.54) is 32.1 Å². The van der Waals surface area contributed by atoms with E-state index in [9.17, 15) is 4.79 Å². The van der Waals surface area contributed by atoms with E-state index in [0.29, 0.717) is 17.6 Å². The molecule has 23 heavy (non-hydrogen) atoms. The zero-order valence-electron chi connectivity index (χ0n) is 13.7. The van der Waals surface area contributed by atoms with E-state index in [4.69, 9.17) is 4.74 Å². The quantitative estimate of drug-likeness (QED) is 0.656. The third kappa shape index (κ3) is 3.89. The molecule has 122 valence electrons. The van der Waals surface area contributed by atoms with Crippen molar-refractivity contribution in [2.75, 3.05) is 12.4 Å². The van der Waals surface area contributed by atoms with Crippen molar-refractivity contribution in [3.8, 4) is 5.75 Å². The molecule has 3 rings (SSSR count). The molecular formula is C20H24O2S. The lowest BCUT2D eigenvalue weighted by Crippen LogP contribution is -2.13. The van der Waals surface area contributed by atoms with Crippen molar-refractivity contribution >= 4 is 28.3 Å². The zero-order valence-corrected chi connectivity index (χ0v) is 14.5. The lowest BCUT2D eigenvalue weighted by molar-refractivity contribution is 0.102. The minimum absolute atomic E-state index is 0.195. The Morgan fingerprint density at radius 3 is 2.70 bits per heavy atom. The van der Waals surface area contributed by atoms with Gasteiger partial charge >= 0.3 is 0 Å². The Morgan fingerprint density at radius 2 is 1.91 bits per heavy atom. The lowest BCUT2D eigenvalue weighted by Gasteiger charge is -2.21. The predicted molar refractivity (Wildman–Crippen MR) is 98.8 cm³/mol. The van der Waals surface area contributed by atoms with Crippen molar-refractivity contribution in [3.05, 3.63) is 42.0 Å². The smallest absolute Gasteiger partial charge is 0.177 e. The van der Waals surface area contributed by atoms with E-state index < -0.39 is 0 Å². The maximum absolute atomic E-state index is 12.9. The largest absolute Gasteiger partial charge is 0.493 e. The Labute approximate surface area is 142 Å². The van der Waals surface area contributed by atoms with Crippen LogP contribution in [0.25, 0.3) is 10.8 Å². The number of thioether (sulfide) groups is 1. The fourth-order valence-corrected chi connectivity index (χ4v) is 4.51. The van der Waals surface area contributed by atoms with Crippen molar-refractivity contribution in [3.63, 3.8) is 0 Å². The molecule has 0 amide bonds. The molecule has 0 bridgehead atoms. The van der Waals surface area contributed by atoms with Gasteiger partial charge in [0.1, 0.15) is 5.75 Å². The molecule has 2 aromatic rings. The number of fused-ring (bicyclic) bond motifs is 1. The number of Topliss-reactive ketones (excluding diaryl/α,β-unsaturated/α-hetero) is 1. The Hall–Kier alpha value is -1.48. The molecule has 0 atom stereocenters. The van der Waals surface area contributed by atoms with Crippen molar-refractivity contribution in [2.24, 2.45) is 0 Å². The SMILES string of the molecule is CCOc1ccc2ccccc2c1C(=O)CSC1CCCCC1. The van der Waals surface area contributed by atoms with Gasteiger partial charge in [-0.3, -0.25) is 4.79 Å². The molecule has 2 aromatic carbocycles. The van der Waals surface area contributed by atoms with Gasteiger partial charge in [0.25, 0.3) is 0 Å². The van der Waals surface area contributed by atoms with Crippen LogP contribution in [-0.2, 0) is 0 Å². The van der Waals surface area contributed by atoms with Crippen LogP contribution < -0.4 is 4.74 Å². The van der Waals surface area contributed by atoms with E-state index in [1.807, 2.05) is 49.0 Å². The van der Waals surface area contributed by atoms with Crippen LogP contribution in [0.3, 0.4) is 0 Å². The summed E-state index contributed by atoms with van der Waals surface area (Å²) in [5, 5.41) is 2.76. The van der Waals surface area contributed by atoms with Crippen molar-refractivity contribution in [2.45, 2.75) is 44.3 Å². The van der Waals surface area contributed by atoms with Gasteiger partial charge in [0.05, 0.1) is 17.9 Å². The number of ether oxygens (including phenoxy) is 1. The number of ketones is 1. The van der Waals surface area contributed by atoms with E-state index in [0.717, 1.165) is 22.1 Å². The molecule has 0 radical (unpaired) electrons. The van der Waals surface area contributed by atoms with E-state index in [1.54, 1.807) is 0 Å². The van der Waals surface area contributed by atoms with Gasteiger partial charge in [-0.15, -0.1) is 0 Å².